The van der Waals surface area contributed by atoms with Crippen LogP contribution in [0.4, 0.5) is 5.82 Å². The van der Waals surface area contributed by atoms with Crippen LogP contribution in [0, 0.1) is 0 Å². The molecule has 1 atom stereocenters. The first-order valence-electron chi connectivity index (χ1n) is 6.02. The first-order valence-corrected chi connectivity index (χ1v) is 8.21. The van der Waals surface area contributed by atoms with Crippen molar-refractivity contribution in [1.82, 2.24) is 9.97 Å². The highest BCUT2D eigenvalue weighted by Crippen LogP contribution is 2.24. The zero-order chi connectivity index (χ0) is 13.9. The Bertz CT molecular complexity index is 404. The maximum absolute atomic E-state index is 4.68. The van der Waals surface area contributed by atoms with Crippen LogP contribution in [-0.4, -0.2) is 35.1 Å². The van der Waals surface area contributed by atoms with Crippen molar-refractivity contribution in [2.24, 2.45) is 0 Å². The average molecular weight is 332 g/mol. The van der Waals surface area contributed by atoms with Crippen molar-refractivity contribution in [3.8, 4) is 0 Å². The standard InChI is InChI=1S/C13H22BrN3S/c1-9(8-18-6)17(5)11-7-10(14)15-12(16-11)13(2,3)4/h7,9H,8H2,1-6H3. The van der Waals surface area contributed by atoms with Gasteiger partial charge in [-0.25, -0.2) is 9.97 Å². The van der Waals surface area contributed by atoms with Crippen LogP contribution in [0.25, 0.3) is 0 Å². The van der Waals surface area contributed by atoms with Crippen LogP contribution in [0.1, 0.15) is 33.5 Å². The van der Waals surface area contributed by atoms with Gasteiger partial charge in [-0.05, 0) is 29.1 Å². The summed E-state index contributed by atoms with van der Waals surface area (Å²) in [6, 6.07) is 2.43. The lowest BCUT2D eigenvalue weighted by molar-refractivity contribution is 0.541. The van der Waals surface area contributed by atoms with E-state index in [1.807, 2.05) is 17.8 Å². The van der Waals surface area contributed by atoms with Crippen molar-refractivity contribution in [2.45, 2.75) is 39.2 Å². The van der Waals surface area contributed by atoms with E-state index >= 15 is 0 Å². The monoisotopic (exact) mass is 331 g/mol. The Kier molecular flexibility index (Phi) is 5.46. The predicted octanol–water partition coefficient (Wildman–Crippen LogP) is 3.72. The third-order valence-corrected chi connectivity index (χ3v) is 4.00. The second kappa shape index (κ2) is 6.24. The van der Waals surface area contributed by atoms with E-state index in [2.05, 4.69) is 71.8 Å². The molecule has 0 radical (unpaired) electrons. The number of hydrogen-bond donors (Lipinski definition) is 0. The molecule has 0 amide bonds. The second-order valence-corrected chi connectivity index (χ2v) is 7.26. The summed E-state index contributed by atoms with van der Waals surface area (Å²) in [5.74, 6) is 2.93. The summed E-state index contributed by atoms with van der Waals surface area (Å²) >= 11 is 5.33. The van der Waals surface area contributed by atoms with Crippen LogP contribution >= 0.6 is 27.7 Å². The number of hydrogen-bond acceptors (Lipinski definition) is 4. The highest BCUT2D eigenvalue weighted by atomic mass is 79.9. The molecule has 1 unspecified atom stereocenters. The summed E-state index contributed by atoms with van der Waals surface area (Å²) in [4.78, 5) is 11.4. The zero-order valence-electron chi connectivity index (χ0n) is 12.0. The Morgan fingerprint density at radius 3 is 2.50 bits per heavy atom. The van der Waals surface area contributed by atoms with E-state index in [1.54, 1.807) is 0 Å². The highest BCUT2D eigenvalue weighted by molar-refractivity contribution is 9.10. The van der Waals surface area contributed by atoms with Crippen LogP contribution < -0.4 is 4.90 Å². The van der Waals surface area contributed by atoms with Gasteiger partial charge in [0.05, 0.1) is 0 Å². The van der Waals surface area contributed by atoms with E-state index < -0.39 is 0 Å². The van der Waals surface area contributed by atoms with Crippen LogP contribution in [-0.2, 0) is 5.41 Å². The third kappa shape index (κ3) is 4.12. The fourth-order valence-corrected chi connectivity index (χ4v) is 2.58. The molecule has 0 spiro atoms. The molecule has 3 nitrogen and oxygen atoms in total. The van der Waals surface area contributed by atoms with Gasteiger partial charge < -0.3 is 4.90 Å². The minimum absolute atomic E-state index is 0.0396. The number of nitrogens with zero attached hydrogens (tertiary/aromatic N) is 3. The van der Waals surface area contributed by atoms with Crippen molar-refractivity contribution in [3.63, 3.8) is 0 Å². The lowest BCUT2D eigenvalue weighted by Crippen LogP contribution is -2.32. The van der Waals surface area contributed by atoms with Gasteiger partial charge in [0.15, 0.2) is 0 Å². The van der Waals surface area contributed by atoms with Gasteiger partial charge in [0.1, 0.15) is 16.2 Å². The van der Waals surface area contributed by atoms with Gasteiger partial charge >= 0.3 is 0 Å². The van der Waals surface area contributed by atoms with Gasteiger partial charge in [-0.3, -0.25) is 0 Å². The molecule has 0 fully saturated rings. The smallest absolute Gasteiger partial charge is 0.137 e. The molecule has 1 rings (SSSR count). The first-order chi connectivity index (χ1) is 8.25. The summed E-state index contributed by atoms with van der Waals surface area (Å²) in [5, 5.41) is 0. The normalized spacial score (nSPS) is 13.5. The summed E-state index contributed by atoms with van der Waals surface area (Å²) < 4.78 is 0.848. The molecular formula is C13H22BrN3S. The quantitative estimate of drug-likeness (QED) is 0.786. The average Bonchev–Trinajstić information content (AvgIpc) is 2.26. The van der Waals surface area contributed by atoms with E-state index in [4.69, 9.17) is 0 Å². The van der Waals surface area contributed by atoms with Crippen molar-refractivity contribution in [1.29, 1.82) is 0 Å². The topological polar surface area (TPSA) is 29.0 Å². The fourth-order valence-electron chi connectivity index (χ4n) is 1.50. The summed E-state index contributed by atoms with van der Waals surface area (Å²) in [6.45, 7) is 8.60. The lowest BCUT2D eigenvalue weighted by atomic mass is 9.96. The van der Waals surface area contributed by atoms with Gasteiger partial charge in [0.25, 0.3) is 0 Å². The molecule has 102 valence electrons. The SMILES string of the molecule is CSCC(C)N(C)c1cc(Br)nc(C(C)(C)C)n1. The Morgan fingerprint density at radius 1 is 1.39 bits per heavy atom. The second-order valence-electron chi connectivity index (χ2n) is 5.54. The molecule has 0 saturated heterocycles. The van der Waals surface area contributed by atoms with E-state index in [9.17, 15) is 0 Å². The Morgan fingerprint density at radius 2 is 2.00 bits per heavy atom. The molecule has 18 heavy (non-hydrogen) atoms. The van der Waals surface area contributed by atoms with Crippen molar-refractivity contribution in [2.75, 3.05) is 24.0 Å². The number of aromatic nitrogens is 2. The van der Waals surface area contributed by atoms with E-state index in [0.29, 0.717) is 6.04 Å². The Labute approximate surface area is 123 Å². The lowest BCUT2D eigenvalue weighted by Gasteiger charge is -2.27. The largest absolute Gasteiger partial charge is 0.356 e. The molecule has 1 heterocycles. The number of rotatable bonds is 4. The van der Waals surface area contributed by atoms with E-state index in [1.165, 1.54) is 0 Å². The van der Waals surface area contributed by atoms with Gasteiger partial charge in [-0.2, -0.15) is 11.8 Å². The van der Waals surface area contributed by atoms with Gasteiger partial charge in [-0.15, -0.1) is 0 Å². The Hall–Kier alpha value is -0.290. The minimum atomic E-state index is -0.0396. The van der Waals surface area contributed by atoms with E-state index in [0.717, 1.165) is 22.0 Å². The van der Waals surface area contributed by atoms with Crippen molar-refractivity contribution < 1.29 is 0 Å². The molecule has 0 aliphatic rings. The molecule has 0 aromatic carbocycles. The highest BCUT2D eigenvalue weighted by Gasteiger charge is 2.20. The molecule has 0 saturated carbocycles. The number of halogens is 1. The van der Waals surface area contributed by atoms with Gasteiger partial charge in [-0.1, -0.05) is 20.8 Å². The molecule has 5 heteroatoms. The molecule has 1 aromatic rings. The van der Waals surface area contributed by atoms with Crippen LogP contribution in [0.15, 0.2) is 10.7 Å². The van der Waals surface area contributed by atoms with E-state index in [-0.39, 0.29) is 5.41 Å². The molecular weight excluding hydrogens is 310 g/mol. The zero-order valence-corrected chi connectivity index (χ0v) is 14.4. The molecule has 0 aliphatic heterocycles. The van der Waals surface area contributed by atoms with Crippen LogP contribution in [0.3, 0.4) is 0 Å². The molecule has 0 aliphatic carbocycles. The summed E-state index contributed by atoms with van der Waals surface area (Å²) in [5.41, 5.74) is -0.0396. The van der Waals surface area contributed by atoms with Crippen LogP contribution in [0.2, 0.25) is 0 Å². The van der Waals surface area contributed by atoms with Crippen molar-refractivity contribution >= 4 is 33.5 Å². The summed E-state index contributed by atoms with van der Waals surface area (Å²) in [6.07, 6.45) is 2.13. The summed E-state index contributed by atoms with van der Waals surface area (Å²) in [7, 11) is 2.09. The molecule has 0 bridgehead atoms. The van der Waals surface area contributed by atoms with Crippen LogP contribution in [0.5, 0.6) is 0 Å². The minimum Gasteiger partial charge on any atom is -0.356 e. The maximum Gasteiger partial charge on any atom is 0.137 e. The van der Waals surface area contributed by atoms with Crippen molar-refractivity contribution in [3.05, 3.63) is 16.5 Å². The number of anilines is 1. The predicted molar refractivity (Wildman–Crippen MR) is 84.7 cm³/mol. The molecule has 1 aromatic heterocycles. The first kappa shape index (κ1) is 15.8. The Balaban J connectivity index is 3.06. The fraction of sp³-hybridized carbons (Fsp3) is 0.692. The maximum atomic E-state index is 4.68. The number of thioether (sulfide) groups is 1. The third-order valence-electron chi connectivity index (χ3n) is 2.78. The molecule has 0 N–H and O–H groups in total. The van der Waals surface area contributed by atoms with Gasteiger partial charge in [0.2, 0.25) is 0 Å². The van der Waals surface area contributed by atoms with Gasteiger partial charge in [0, 0.05) is 30.3 Å².